The van der Waals surface area contributed by atoms with E-state index in [1.807, 2.05) is 51.1 Å². The van der Waals surface area contributed by atoms with Crippen LogP contribution in [0.3, 0.4) is 0 Å². The zero-order chi connectivity index (χ0) is 23.0. The van der Waals surface area contributed by atoms with E-state index in [0.717, 1.165) is 22.1 Å². The van der Waals surface area contributed by atoms with Crippen molar-refractivity contribution >= 4 is 16.9 Å². The SMILES string of the molecule is CC.CCC.Cc1ccccc1-c1cc(=O)oc2cc(C(=O)N3CC(CO)C3)ccc12. The number of aryl methyl sites for hydroxylation is 1. The van der Waals surface area contributed by atoms with Gasteiger partial charge >= 0.3 is 5.63 Å². The molecule has 1 saturated heterocycles. The molecule has 0 bridgehead atoms. The van der Waals surface area contributed by atoms with Crippen LogP contribution in [0, 0.1) is 12.8 Å². The number of carbonyl (C=O) groups excluding carboxylic acids is 1. The Morgan fingerprint density at radius 2 is 1.71 bits per heavy atom. The molecular formula is C26H33NO4. The van der Waals surface area contributed by atoms with Gasteiger partial charge in [0.1, 0.15) is 5.58 Å². The third-order valence-electron chi connectivity index (χ3n) is 4.93. The largest absolute Gasteiger partial charge is 0.423 e. The van der Waals surface area contributed by atoms with Crippen LogP contribution in [0.15, 0.2) is 57.7 Å². The Balaban J connectivity index is 0.000000630. The summed E-state index contributed by atoms with van der Waals surface area (Å²) in [5, 5.41) is 9.90. The fourth-order valence-electron chi connectivity index (χ4n) is 3.43. The number of hydrogen-bond donors (Lipinski definition) is 1. The fraction of sp³-hybridized carbons (Fsp3) is 0.385. The Bertz CT molecular complexity index is 1060. The lowest BCUT2D eigenvalue weighted by atomic mass is 9.96. The van der Waals surface area contributed by atoms with Crippen molar-refractivity contribution < 1.29 is 14.3 Å². The number of rotatable bonds is 3. The van der Waals surface area contributed by atoms with Gasteiger partial charge in [0.2, 0.25) is 0 Å². The number of hydrogen-bond acceptors (Lipinski definition) is 4. The minimum Gasteiger partial charge on any atom is -0.423 e. The van der Waals surface area contributed by atoms with Gasteiger partial charge in [0, 0.05) is 48.2 Å². The first-order valence-corrected chi connectivity index (χ1v) is 11.0. The van der Waals surface area contributed by atoms with Gasteiger partial charge in [0.15, 0.2) is 0 Å². The normalized spacial score (nSPS) is 12.9. The van der Waals surface area contributed by atoms with Gasteiger partial charge < -0.3 is 14.4 Å². The van der Waals surface area contributed by atoms with Gasteiger partial charge in [-0.05, 0) is 36.2 Å². The molecule has 3 aromatic rings. The van der Waals surface area contributed by atoms with Gasteiger partial charge in [0.05, 0.1) is 0 Å². The molecule has 0 saturated carbocycles. The highest BCUT2D eigenvalue weighted by atomic mass is 16.4. The zero-order valence-corrected chi connectivity index (χ0v) is 19.1. The molecule has 1 aromatic heterocycles. The molecule has 2 heterocycles. The molecule has 1 aliphatic rings. The molecule has 0 atom stereocenters. The first kappa shape index (κ1) is 24.4. The van der Waals surface area contributed by atoms with Gasteiger partial charge in [-0.2, -0.15) is 0 Å². The third kappa shape index (κ3) is 5.61. The maximum atomic E-state index is 12.6. The number of aliphatic hydroxyl groups is 1. The van der Waals surface area contributed by atoms with E-state index in [2.05, 4.69) is 13.8 Å². The topological polar surface area (TPSA) is 70.8 Å². The highest BCUT2D eigenvalue weighted by Gasteiger charge is 2.30. The summed E-state index contributed by atoms with van der Waals surface area (Å²) in [5.74, 6) is 0.0468. The molecule has 5 nitrogen and oxygen atoms in total. The average Bonchev–Trinajstić information content (AvgIpc) is 2.74. The molecule has 5 heteroatoms. The van der Waals surface area contributed by atoms with Crippen LogP contribution in [0.2, 0.25) is 0 Å². The smallest absolute Gasteiger partial charge is 0.336 e. The molecule has 0 spiro atoms. The Kier molecular flexibility index (Phi) is 9.01. The highest BCUT2D eigenvalue weighted by molar-refractivity contribution is 6.01. The first-order chi connectivity index (χ1) is 15.0. The van der Waals surface area contributed by atoms with E-state index in [1.54, 1.807) is 17.0 Å². The minimum atomic E-state index is -0.440. The number of nitrogens with zero attached hydrogens (tertiary/aromatic N) is 1. The molecule has 1 N–H and O–H groups in total. The van der Waals surface area contributed by atoms with Gasteiger partial charge in [-0.3, -0.25) is 4.79 Å². The maximum Gasteiger partial charge on any atom is 0.336 e. The summed E-state index contributed by atoms with van der Waals surface area (Å²) < 4.78 is 5.36. The van der Waals surface area contributed by atoms with Crippen molar-refractivity contribution in [2.24, 2.45) is 5.92 Å². The van der Waals surface area contributed by atoms with E-state index in [4.69, 9.17) is 9.52 Å². The number of benzene rings is 2. The van der Waals surface area contributed by atoms with E-state index in [1.165, 1.54) is 12.5 Å². The predicted octanol–water partition coefficient (Wildman–Crippen LogP) is 5.28. The van der Waals surface area contributed by atoms with E-state index < -0.39 is 5.63 Å². The van der Waals surface area contributed by atoms with Crippen LogP contribution in [0.25, 0.3) is 22.1 Å². The van der Waals surface area contributed by atoms with Crippen LogP contribution in [-0.2, 0) is 0 Å². The average molecular weight is 424 g/mol. The quantitative estimate of drug-likeness (QED) is 0.582. The molecule has 4 rings (SSSR count). The number of amides is 1. The van der Waals surface area contributed by atoms with E-state index >= 15 is 0 Å². The van der Waals surface area contributed by atoms with E-state index in [9.17, 15) is 9.59 Å². The summed E-state index contributed by atoms with van der Waals surface area (Å²) in [6.45, 7) is 11.5. The lowest BCUT2D eigenvalue weighted by molar-refractivity contribution is 0.0362. The number of fused-ring (bicyclic) bond motifs is 1. The van der Waals surface area contributed by atoms with Crippen LogP contribution in [0.1, 0.15) is 50.0 Å². The number of likely N-dealkylation sites (tertiary alicyclic amines) is 1. The summed E-state index contributed by atoms with van der Waals surface area (Å²) in [6.07, 6.45) is 1.25. The standard InChI is InChI=1S/C21H19NO4.C3H8.C2H6/c1-13-4-2-3-5-16(13)18-9-20(24)26-19-8-15(6-7-17(18)19)21(25)22-10-14(11-22)12-23;1-3-2;1-2/h2-9,14,23H,10-12H2,1H3;3H2,1-2H3;1-2H3. The molecule has 1 aliphatic heterocycles. The molecule has 31 heavy (non-hydrogen) atoms. The van der Waals surface area contributed by atoms with Crippen molar-refractivity contribution in [3.63, 3.8) is 0 Å². The first-order valence-electron chi connectivity index (χ1n) is 11.0. The Hall–Kier alpha value is -2.92. The van der Waals surface area contributed by atoms with Crippen molar-refractivity contribution in [3.05, 3.63) is 70.1 Å². The molecule has 0 unspecified atom stereocenters. The highest BCUT2D eigenvalue weighted by Crippen LogP contribution is 2.30. The molecule has 1 fully saturated rings. The summed E-state index contributed by atoms with van der Waals surface area (Å²) in [7, 11) is 0. The number of aliphatic hydroxyl groups excluding tert-OH is 1. The molecule has 0 radical (unpaired) electrons. The maximum absolute atomic E-state index is 12.6. The van der Waals surface area contributed by atoms with Crippen LogP contribution in [0.5, 0.6) is 0 Å². The van der Waals surface area contributed by atoms with Gasteiger partial charge in [-0.25, -0.2) is 4.79 Å². The van der Waals surface area contributed by atoms with Gasteiger partial charge in [-0.15, -0.1) is 0 Å². The Morgan fingerprint density at radius 3 is 2.32 bits per heavy atom. The monoisotopic (exact) mass is 423 g/mol. The zero-order valence-electron chi connectivity index (χ0n) is 19.1. The molecule has 0 aliphatic carbocycles. The van der Waals surface area contributed by atoms with Crippen LogP contribution in [-0.4, -0.2) is 35.6 Å². The predicted molar refractivity (Wildman–Crippen MR) is 126 cm³/mol. The van der Waals surface area contributed by atoms with Crippen LogP contribution in [0.4, 0.5) is 0 Å². The summed E-state index contributed by atoms with van der Waals surface area (Å²) in [4.78, 5) is 26.3. The minimum absolute atomic E-state index is 0.0934. The van der Waals surface area contributed by atoms with Crippen molar-refractivity contribution in [2.75, 3.05) is 19.7 Å². The summed E-state index contributed by atoms with van der Waals surface area (Å²) in [6, 6.07) is 14.6. The second-order valence-electron chi connectivity index (χ2n) is 7.47. The van der Waals surface area contributed by atoms with E-state index in [-0.39, 0.29) is 18.4 Å². The third-order valence-corrected chi connectivity index (χ3v) is 4.93. The van der Waals surface area contributed by atoms with Gasteiger partial charge in [-0.1, -0.05) is 58.4 Å². The second kappa shape index (κ2) is 11.5. The Morgan fingerprint density at radius 1 is 1.06 bits per heavy atom. The van der Waals surface area contributed by atoms with Crippen molar-refractivity contribution in [3.8, 4) is 11.1 Å². The molecular weight excluding hydrogens is 390 g/mol. The lowest BCUT2D eigenvalue weighted by Crippen LogP contribution is -2.51. The fourth-order valence-corrected chi connectivity index (χ4v) is 3.43. The number of carbonyl (C=O) groups is 1. The molecule has 166 valence electrons. The van der Waals surface area contributed by atoms with Crippen molar-refractivity contribution in [2.45, 2.75) is 41.0 Å². The second-order valence-corrected chi connectivity index (χ2v) is 7.47. The van der Waals surface area contributed by atoms with E-state index in [0.29, 0.717) is 24.2 Å². The van der Waals surface area contributed by atoms with Crippen LogP contribution >= 0.6 is 0 Å². The van der Waals surface area contributed by atoms with Gasteiger partial charge in [0.25, 0.3) is 5.91 Å². The lowest BCUT2D eigenvalue weighted by Gasteiger charge is -2.38. The molecule has 1 amide bonds. The van der Waals surface area contributed by atoms with Crippen molar-refractivity contribution in [1.29, 1.82) is 0 Å². The van der Waals surface area contributed by atoms with Crippen molar-refractivity contribution in [1.82, 2.24) is 4.90 Å². The summed E-state index contributed by atoms with van der Waals surface area (Å²) >= 11 is 0. The summed E-state index contributed by atoms with van der Waals surface area (Å²) in [5.41, 5.74) is 3.29. The Labute approximate surface area is 184 Å². The molecule has 2 aromatic carbocycles. The van der Waals surface area contributed by atoms with Crippen LogP contribution < -0.4 is 5.63 Å².